The van der Waals surface area contributed by atoms with Crippen LogP contribution in [0.2, 0.25) is 0 Å². The van der Waals surface area contributed by atoms with E-state index in [1.165, 1.54) is 0 Å². The average Bonchev–Trinajstić information content (AvgIpc) is 2.89. The highest BCUT2D eigenvalue weighted by Gasteiger charge is 2.07. The average molecular weight is 259 g/mol. The summed E-state index contributed by atoms with van der Waals surface area (Å²) in [5.41, 5.74) is 0.575. The van der Waals surface area contributed by atoms with Crippen LogP contribution in [0.1, 0.15) is 24.2 Å². The van der Waals surface area contributed by atoms with Crippen molar-refractivity contribution in [1.29, 1.82) is 0 Å². The Morgan fingerprint density at radius 3 is 2.63 bits per heavy atom. The number of aromatic nitrogens is 2. The van der Waals surface area contributed by atoms with Gasteiger partial charge in [-0.1, -0.05) is 13.8 Å². The zero-order valence-electron chi connectivity index (χ0n) is 11.0. The van der Waals surface area contributed by atoms with Crippen LogP contribution >= 0.6 is 0 Å². The molecule has 19 heavy (non-hydrogen) atoms. The molecule has 2 N–H and O–H groups in total. The molecule has 0 saturated heterocycles. The number of hydrogen-bond acceptors (Lipinski definition) is 3. The largest absolute Gasteiger partial charge is 0.493 e. The first-order chi connectivity index (χ1) is 9.15. The maximum atomic E-state index is 11.9. The van der Waals surface area contributed by atoms with Gasteiger partial charge in [-0.3, -0.25) is 9.89 Å². The van der Waals surface area contributed by atoms with Crippen LogP contribution in [0.25, 0.3) is 0 Å². The van der Waals surface area contributed by atoms with Crippen molar-refractivity contribution in [2.24, 2.45) is 5.92 Å². The van der Waals surface area contributed by atoms with Crippen LogP contribution in [-0.4, -0.2) is 22.7 Å². The maximum absolute atomic E-state index is 11.9. The Morgan fingerprint density at radius 1 is 1.32 bits per heavy atom. The third-order valence-corrected chi connectivity index (χ3v) is 2.45. The van der Waals surface area contributed by atoms with E-state index in [0.717, 1.165) is 5.75 Å². The van der Waals surface area contributed by atoms with Crippen LogP contribution in [0, 0.1) is 5.92 Å². The molecule has 0 fully saturated rings. The molecule has 1 heterocycles. The van der Waals surface area contributed by atoms with Crippen LogP contribution in [0.15, 0.2) is 36.5 Å². The van der Waals surface area contributed by atoms with E-state index < -0.39 is 0 Å². The van der Waals surface area contributed by atoms with Gasteiger partial charge in [-0.25, -0.2) is 0 Å². The molecular formula is C14H17N3O2. The second-order valence-electron chi connectivity index (χ2n) is 4.65. The molecule has 0 aliphatic carbocycles. The van der Waals surface area contributed by atoms with Gasteiger partial charge in [-0.2, -0.15) is 5.10 Å². The standard InChI is InChI=1S/C14H17N3O2/c1-10(2)9-19-12-5-3-11(4-6-12)14(18)16-13-7-8-15-17-13/h3-8,10H,9H2,1-2H3,(H2,15,16,17,18). The van der Waals surface area contributed by atoms with E-state index in [1.807, 2.05) is 0 Å². The fourth-order valence-corrected chi connectivity index (χ4v) is 1.49. The van der Waals surface area contributed by atoms with Gasteiger partial charge in [0.15, 0.2) is 0 Å². The first-order valence-electron chi connectivity index (χ1n) is 6.19. The number of nitrogens with zero attached hydrogens (tertiary/aromatic N) is 1. The van der Waals surface area contributed by atoms with E-state index in [9.17, 15) is 4.79 Å². The van der Waals surface area contributed by atoms with E-state index in [4.69, 9.17) is 4.74 Å². The number of anilines is 1. The van der Waals surface area contributed by atoms with Gasteiger partial charge in [0.1, 0.15) is 11.6 Å². The lowest BCUT2D eigenvalue weighted by Gasteiger charge is -2.09. The lowest BCUT2D eigenvalue weighted by molar-refractivity contribution is 0.102. The van der Waals surface area contributed by atoms with Gasteiger partial charge in [-0.05, 0) is 30.2 Å². The zero-order chi connectivity index (χ0) is 13.7. The van der Waals surface area contributed by atoms with Crippen LogP contribution < -0.4 is 10.1 Å². The summed E-state index contributed by atoms with van der Waals surface area (Å²) in [5, 5.41) is 9.15. The molecule has 0 aliphatic heterocycles. The van der Waals surface area contributed by atoms with Crippen molar-refractivity contribution in [2.45, 2.75) is 13.8 Å². The first-order valence-corrected chi connectivity index (χ1v) is 6.19. The van der Waals surface area contributed by atoms with Gasteiger partial charge in [-0.15, -0.1) is 0 Å². The van der Waals surface area contributed by atoms with Crippen molar-refractivity contribution in [3.63, 3.8) is 0 Å². The molecule has 1 amide bonds. The molecule has 0 aliphatic rings. The van der Waals surface area contributed by atoms with Crippen molar-refractivity contribution in [3.05, 3.63) is 42.1 Å². The molecule has 5 heteroatoms. The number of amides is 1. The Labute approximate surface area is 112 Å². The summed E-state index contributed by atoms with van der Waals surface area (Å²) in [4.78, 5) is 11.9. The normalized spacial score (nSPS) is 10.5. The molecule has 0 radical (unpaired) electrons. The van der Waals surface area contributed by atoms with E-state index in [-0.39, 0.29) is 5.91 Å². The second-order valence-corrected chi connectivity index (χ2v) is 4.65. The van der Waals surface area contributed by atoms with Gasteiger partial charge in [0.2, 0.25) is 0 Å². The molecule has 0 saturated carbocycles. The third-order valence-electron chi connectivity index (χ3n) is 2.45. The van der Waals surface area contributed by atoms with Crippen LogP contribution in [0.4, 0.5) is 5.82 Å². The number of aromatic amines is 1. The van der Waals surface area contributed by atoms with Crippen LogP contribution in [-0.2, 0) is 0 Å². The molecule has 0 bridgehead atoms. The Bertz CT molecular complexity index is 518. The predicted octanol–water partition coefficient (Wildman–Crippen LogP) is 2.70. The highest BCUT2D eigenvalue weighted by atomic mass is 16.5. The quantitative estimate of drug-likeness (QED) is 0.867. The minimum atomic E-state index is -0.181. The molecule has 100 valence electrons. The monoisotopic (exact) mass is 259 g/mol. The van der Waals surface area contributed by atoms with Gasteiger partial charge >= 0.3 is 0 Å². The number of hydrogen-bond donors (Lipinski definition) is 2. The Morgan fingerprint density at radius 2 is 2.05 bits per heavy atom. The zero-order valence-corrected chi connectivity index (χ0v) is 11.0. The smallest absolute Gasteiger partial charge is 0.256 e. The van der Waals surface area contributed by atoms with Gasteiger partial charge in [0.25, 0.3) is 5.91 Å². The first kappa shape index (κ1) is 13.1. The van der Waals surface area contributed by atoms with Crippen LogP contribution in [0.5, 0.6) is 5.75 Å². The molecular weight excluding hydrogens is 242 g/mol. The summed E-state index contributed by atoms with van der Waals surface area (Å²) in [6.07, 6.45) is 1.58. The lowest BCUT2D eigenvalue weighted by Crippen LogP contribution is -2.12. The molecule has 1 aromatic heterocycles. The summed E-state index contributed by atoms with van der Waals surface area (Å²) >= 11 is 0. The fraction of sp³-hybridized carbons (Fsp3) is 0.286. The number of nitrogens with one attached hydrogen (secondary N) is 2. The van der Waals surface area contributed by atoms with Gasteiger partial charge < -0.3 is 10.1 Å². The SMILES string of the molecule is CC(C)COc1ccc(C(=O)Nc2ccn[nH]2)cc1. The van der Waals surface area contributed by atoms with Gasteiger partial charge in [0, 0.05) is 11.6 Å². The lowest BCUT2D eigenvalue weighted by atomic mass is 10.2. The Balaban J connectivity index is 1.96. The minimum Gasteiger partial charge on any atom is -0.493 e. The molecule has 1 aromatic carbocycles. The molecule has 2 aromatic rings. The second kappa shape index (κ2) is 6.04. The fourth-order valence-electron chi connectivity index (χ4n) is 1.49. The molecule has 0 atom stereocenters. The number of benzene rings is 1. The van der Waals surface area contributed by atoms with Crippen molar-refractivity contribution in [1.82, 2.24) is 10.2 Å². The topological polar surface area (TPSA) is 67.0 Å². The summed E-state index contributed by atoms with van der Waals surface area (Å²) in [5.74, 6) is 1.64. The highest BCUT2D eigenvalue weighted by Crippen LogP contribution is 2.14. The number of ether oxygens (including phenoxy) is 1. The summed E-state index contributed by atoms with van der Waals surface area (Å²) in [6.45, 7) is 4.85. The van der Waals surface area contributed by atoms with Gasteiger partial charge in [0.05, 0.1) is 12.8 Å². The number of rotatable bonds is 5. The third kappa shape index (κ3) is 3.84. The molecule has 0 spiro atoms. The Hall–Kier alpha value is -2.30. The molecule has 2 rings (SSSR count). The summed E-state index contributed by atoms with van der Waals surface area (Å²) < 4.78 is 5.56. The van der Waals surface area contributed by atoms with Crippen molar-refractivity contribution in [3.8, 4) is 5.75 Å². The van der Waals surface area contributed by atoms with Crippen LogP contribution in [0.3, 0.4) is 0 Å². The predicted molar refractivity (Wildman–Crippen MR) is 73.3 cm³/mol. The summed E-state index contributed by atoms with van der Waals surface area (Å²) in [6, 6.07) is 8.76. The number of carbonyl (C=O) groups excluding carboxylic acids is 1. The van der Waals surface area contributed by atoms with Crippen molar-refractivity contribution in [2.75, 3.05) is 11.9 Å². The molecule has 0 unspecified atom stereocenters. The number of carbonyl (C=O) groups is 1. The van der Waals surface area contributed by atoms with Crippen molar-refractivity contribution < 1.29 is 9.53 Å². The number of H-pyrrole nitrogens is 1. The highest BCUT2D eigenvalue weighted by molar-refractivity contribution is 6.03. The van der Waals surface area contributed by atoms with E-state index in [0.29, 0.717) is 23.9 Å². The van der Waals surface area contributed by atoms with E-state index in [2.05, 4.69) is 29.4 Å². The van der Waals surface area contributed by atoms with E-state index in [1.54, 1.807) is 36.5 Å². The summed E-state index contributed by atoms with van der Waals surface area (Å²) in [7, 11) is 0. The van der Waals surface area contributed by atoms with E-state index >= 15 is 0 Å². The minimum absolute atomic E-state index is 0.181. The Kier molecular flexibility index (Phi) is 4.18. The van der Waals surface area contributed by atoms with Crippen molar-refractivity contribution >= 4 is 11.7 Å². The maximum Gasteiger partial charge on any atom is 0.256 e. The molecule has 5 nitrogen and oxygen atoms in total.